The molecule has 3 nitrogen and oxygen atoms in total. The predicted molar refractivity (Wildman–Crippen MR) is 68.9 cm³/mol. The maximum atomic E-state index is 10.8. The zero-order valence-corrected chi connectivity index (χ0v) is 11.3. The van der Waals surface area contributed by atoms with E-state index in [1.165, 1.54) is 0 Å². The highest BCUT2D eigenvalue weighted by Crippen LogP contribution is 2.37. The molecule has 0 radical (unpaired) electrons. The molecular weight excluding hydrogens is 314 g/mol. The standard InChI is InChI=1S/C10H9BrClNO2S/c11-5-1-2-7(12)6(3-5)9-13-8(4-16-9)10(14)15/h1-3,8-9,13H,4H2,(H,14,15). The number of hydrogen-bond acceptors (Lipinski definition) is 3. The fourth-order valence-corrected chi connectivity index (χ4v) is 3.44. The fourth-order valence-electron chi connectivity index (χ4n) is 1.51. The molecular formula is C10H9BrClNO2S. The van der Waals surface area contributed by atoms with Gasteiger partial charge in [-0.1, -0.05) is 27.5 Å². The lowest BCUT2D eigenvalue weighted by molar-refractivity contribution is -0.138. The van der Waals surface area contributed by atoms with Crippen molar-refractivity contribution in [3.05, 3.63) is 33.3 Å². The number of nitrogens with one attached hydrogen (secondary N) is 1. The predicted octanol–water partition coefficient (Wildman–Crippen LogP) is 2.89. The highest BCUT2D eigenvalue weighted by molar-refractivity contribution is 9.10. The molecule has 2 atom stereocenters. The van der Waals surface area contributed by atoms with Crippen LogP contribution in [0.4, 0.5) is 0 Å². The molecule has 86 valence electrons. The van der Waals surface area contributed by atoms with Crippen molar-refractivity contribution in [2.45, 2.75) is 11.4 Å². The molecule has 1 aliphatic heterocycles. The second-order valence-electron chi connectivity index (χ2n) is 3.44. The number of halogens is 2. The van der Waals surface area contributed by atoms with Crippen LogP contribution in [-0.4, -0.2) is 22.9 Å². The van der Waals surface area contributed by atoms with Gasteiger partial charge in [-0.05, 0) is 23.8 Å². The van der Waals surface area contributed by atoms with Crippen LogP contribution in [0.3, 0.4) is 0 Å². The van der Waals surface area contributed by atoms with Crippen molar-refractivity contribution in [2.24, 2.45) is 0 Å². The molecule has 6 heteroatoms. The number of carboxylic acids is 1. The molecule has 0 amide bonds. The molecule has 1 aromatic rings. The molecule has 1 heterocycles. The number of thioether (sulfide) groups is 1. The highest BCUT2D eigenvalue weighted by Gasteiger charge is 2.31. The molecule has 0 bridgehead atoms. The lowest BCUT2D eigenvalue weighted by atomic mass is 10.2. The van der Waals surface area contributed by atoms with Crippen LogP contribution in [0.15, 0.2) is 22.7 Å². The average molecular weight is 323 g/mol. The summed E-state index contributed by atoms with van der Waals surface area (Å²) in [5.74, 6) is -0.260. The van der Waals surface area contributed by atoms with Crippen LogP contribution < -0.4 is 5.32 Å². The topological polar surface area (TPSA) is 49.3 Å². The number of benzene rings is 1. The van der Waals surface area contributed by atoms with Crippen molar-refractivity contribution in [3.63, 3.8) is 0 Å². The third kappa shape index (κ3) is 2.53. The van der Waals surface area contributed by atoms with Crippen LogP contribution in [-0.2, 0) is 4.79 Å². The molecule has 1 fully saturated rings. The third-order valence-electron chi connectivity index (χ3n) is 2.32. The minimum Gasteiger partial charge on any atom is -0.480 e. The van der Waals surface area contributed by atoms with E-state index in [1.54, 1.807) is 17.8 Å². The van der Waals surface area contributed by atoms with Gasteiger partial charge in [-0.2, -0.15) is 0 Å². The van der Waals surface area contributed by atoms with E-state index >= 15 is 0 Å². The normalized spacial score (nSPS) is 24.6. The van der Waals surface area contributed by atoms with Crippen molar-refractivity contribution in [3.8, 4) is 0 Å². The SMILES string of the molecule is O=C(O)C1CSC(c2cc(Br)ccc2Cl)N1. The Labute approximate surface area is 111 Å². The summed E-state index contributed by atoms with van der Waals surface area (Å²) in [6.07, 6.45) is 0. The summed E-state index contributed by atoms with van der Waals surface area (Å²) in [6, 6.07) is 5.08. The van der Waals surface area contributed by atoms with E-state index in [1.807, 2.05) is 12.1 Å². The van der Waals surface area contributed by atoms with Crippen LogP contribution in [0.25, 0.3) is 0 Å². The molecule has 0 aromatic heterocycles. The molecule has 16 heavy (non-hydrogen) atoms. The maximum Gasteiger partial charge on any atom is 0.321 e. The van der Waals surface area contributed by atoms with Gasteiger partial charge < -0.3 is 5.11 Å². The Morgan fingerprint density at radius 2 is 2.38 bits per heavy atom. The molecule has 0 aliphatic carbocycles. The van der Waals surface area contributed by atoms with Gasteiger partial charge in [-0.15, -0.1) is 11.8 Å². The van der Waals surface area contributed by atoms with Gasteiger partial charge in [-0.3, -0.25) is 10.1 Å². The summed E-state index contributed by atoms with van der Waals surface area (Å²) in [6.45, 7) is 0. The van der Waals surface area contributed by atoms with E-state index in [2.05, 4.69) is 21.2 Å². The fraction of sp³-hybridized carbons (Fsp3) is 0.300. The lowest BCUT2D eigenvalue weighted by Crippen LogP contribution is -2.33. The van der Waals surface area contributed by atoms with Crippen molar-refractivity contribution < 1.29 is 9.90 Å². The first-order valence-corrected chi connectivity index (χ1v) is 6.85. The molecule has 2 N–H and O–H groups in total. The van der Waals surface area contributed by atoms with Gasteiger partial charge in [0.2, 0.25) is 0 Å². The van der Waals surface area contributed by atoms with E-state index in [0.717, 1.165) is 10.0 Å². The first kappa shape index (κ1) is 12.2. The number of carbonyl (C=O) groups is 1. The van der Waals surface area contributed by atoms with Crippen LogP contribution in [0.1, 0.15) is 10.9 Å². The minimum atomic E-state index is -0.818. The minimum absolute atomic E-state index is 0.0499. The largest absolute Gasteiger partial charge is 0.480 e. The average Bonchev–Trinajstić information content (AvgIpc) is 2.70. The summed E-state index contributed by atoms with van der Waals surface area (Å²) >= 11 is 11.0. The summed E-state index contributed by atoms with van der Waals surface area (Å²) in [5.41, 5.74) is 0.921. The zero-order chi connectivity index (χ0) is 11.7. The summed E-state index contributed by atoms with van der Waals surface area (Å²) < 4.78 is 0.938. The van der Waals surface area contributed by atoms with Gasteiger partial charge in [0.1, 0.15) is 6.04 Å². The van der Waals surface area contributed by atoms with Gasteiger partial charge >= 0.3 is 5.97 Å². The number of rotatable bonds is 2. The lowest BCUT2D eigenvalue weighted by Gasteiger charge is -2.13. The first-order valence-electron chi connectivity index (χ1n) is 4.63. The molecule has 1 aliphatic rings. The van der Waals surface area contributed by atoms with Crippen LogP contribution in [0.5, 0.6) is 0 Å². The summed E-state index contributed by atoms with van der Waals surface area (Å²) in [7, 11) is 0. The molecule has 0 saturated carbocycles. The van der Waals surface area contributed by atoms with Gasteiger partial charge in [-0.25, -0.2) is 0 Å². The summed E-state index contributed by atoms with van der Waals surface area (Å²) in [4.78, 5) is 10.8. The summed E-state index contributed by atoms with van der Waals surface area (Å²) in [5, 5.41) is 12.5. The van der Waals surface area contributed by atoms with E-state index in [4.69, 9.17) is 16.7 Å². The quantitative estimate of drug-likeness (QED) is 0.879. The van der Waals surface area contributed by atoms with E-state index in [9.17, 15) is 4.79 Å². The monoisotopic (exact) mass is 321 g/mol. The zero-order valence-electron chi connectivity index (χ0n) is 8.11. The van der Waals surface area contributed by atoms with Crippen LogP contribution in [0.2, 0.25) is 5.02 Å². The Hall–Kier alpha value is -0.230. The molecule has 2 rings (SSSR count). The molecule has 0 spiro atoms. The van der Waals surface area contributed by atoms with Crippen LogP contribution in [0, 0.1) is 0 Å². The van der Waals surface area contributed by atoms with Gasteiger partial charge in [0.25, 0.3) is 0 Å². The third-order valence-corrected chi connectivity index (χ3v) is 4.41. The second-order valence-corrected chi connectivity index (χ2v) is 5.90. The van der Waals surface area contributed by atoms with Crippen LogP contribution >= 0.6 is 39.3 Å². The Morgan fingerprint density at radius 1 is 1.62 bits per heavy atom. The van der Waals surface area contributed by atoms with E-state index in [-0.39, 0.29) is 5.37 Å². The van der Waals surface area contributed by atoms with Gasteiger partial charge in [0, 0.05) is 15.2 Å². The Kier molecular flexibility index (Phi) is 3.79. The van der Waals surface area contributed by atoms with Crippen molar-refractivity contribution >= 4 is 45.3 Å². The van der Waals surface area contributed by atoms with E-state index in [0.29, 0.717) is 10.8 Å². The van der Waals surface area contributed by atoms with Gasteiger partial charge in [0.15, 0.2) is 0 Å². The van der Waals surface area contributed by atoms with Crippen molar-refractivity contribution in [1.82, 2.24) is 5.32 Å². The Balaban J connectivity index is 2.20. The Bertz CT molecular complexity index is 429. The molecule has 1 aromatic carbocycles. The highest BCUT2D eigenvalue weighted by atomic mass is 79.9. The second kappa shape index (κ2) is 4.96. The smallest absolute Gasteiger partial charge is 0.321 e. The number of aliphatic carboxylic acids is 1. The van der Waals surface area contributed by atoms with Gasteiger partial charge in [0.05, 0.1) is 5.37 Å². The van der Waals surface area contributed by atoms with Crippen molar-refractivity contribution in [1.29, 1.82) is 0 Å². The Morgan fingerprint density at radius 3 is 3.00 bits per heavy atom. The first-order chi connectivity index (χ1) is 7.58. The maximum absolute atomic E-state index is 10.8. The number of carboxylic acid groups (broad SMARTS) is 1. The molecule has 1 saturated heterocycles. The van der Waals surface area contributed by atoms with E-state index < -0.39 is 12.0 Å². The molecule has 2 unspecified atom stereocenters. The number of hydrogen-bond donors (Lipinski definition) is 2. The van der Waals surface area contributed by atoms with Crippen molar-refractivity contribution in [2.75, 3.05) is 5.75 Å².